The molecule has 9 nitrogen and oxygen atoms in total. The van der Waals surface area contributed by atoms with Gasteiger partial charge in [-0.3, -0.25) is 19.0 Å². The van der Waals surface area contributed by atoms with E-state index in [9.17, 15) is 14.4 Å². The summed E-state index contributed by atoms with van der Waals surface area (Å²) in [6, 6.07) is 7.70. The predicted octanol–water partition coefficient (Wildman–Crippen LogP) is 3.36. The van der Waals surface area contributed by atoms with Crippen LogP contribution in [0.5, 0.6) is 0 Å². The van der Waals surface area contributed by atoms with E-state index in [2.05, 4.69) is 39.3 Å². The maximum Gasteiger partial charge on any atom is 0.273 e. The summed E-state index contributed by atoms with van der Waals surface area (Å²) in [5.41, 5.74) is 1.99. The Balaban J connectivity index is 1.40. The van der Waals surface area contributed by atoms with Gasteiger partial charge in [0, 0.05) is 31.2 Å². The fourth-order valence-corrected chi connectivity index (χ4v) is 5.14. The highest BCUT2D eigenvalue weighted by atomic mass is 32.1. The Hall–Kier alpha value is -3.27. The number of piperidine rings is 1. The molecule has 2 aromatic heterocycles. The van der Waals surface area contributed by atoms with Gasteiger partial charge in [0.2, 0.25) is 11.8 Å². The molecule has 0 unspecified atom stereocenters. The van der Waals surface area contributed by atoms with Gasteiger partial charge in [-0.1, -0.05) is 44.2 Å². The quantitative estimate of drug-likeness (QED) is 0.495. The molecule has 3 heterocycles. The zero-order chi connectivity index (χ0) is 24.9. The number of hydrogen-bond acceptors (Lipinski definition) is 7. The first-order chi connectivity index (χ1) is 16.9. The van der Waals surface area contributed by atoms with Crippen molar-refractivity contribution >= 4 is 44.3 Å². The van der Waals surface area contributed by atoms with E-state index in [0.29, 0.717) is 41.6 Å². The number of fused-ring (bicyclic) bond motifs is 1. The van der Waals surface area contributed by atoms with E-state index >= 15 is 0 Å². The van der Waals surface area contributed by atoms with Crippen LogP contribution in [-0.2, 0) is 16.1 Å². The van der Waals surface area contributed by atoms with Crippen LogP contribution in [0.3, 0.4) is 0 Å². The highest BCUT2D eigenvalue weighted by Crippen LogP contribution is 2.29. The molecular formula is C25H32N6O3S. The summed E-state index contributed by atoms with van der Waals surface area (Å²) in [6.45, 7) is 8.25. The van der Waals surface area contributed by atoms with Crippen LogP contribution in [0.1, 0.15) is 51.5 Å². The Kier molecular flexibility index (Phi) is 7.80. The lowest BCUT2D eigenvalue weighted by Crippen LogP contribution is -2.40. The average Bonchev–Trinajstić information content (AvgIpc) is 3.30. The lowest BCUT2D eigenvalue weighted by atomic mass is 9.96. The minimum absolute atomic E-state index is 0.0163. The van der Waals surface area contributed by atoms with Gasteiger partial charge in [-0.25, -0.2) is 4.98 Å². The summed E-state index contributed by atoms with van der Waals surface area (Å²) in [4.78, 5) is 48.8. The van der Waals surface area contributed by atoms with Crippen molar-refractivity contribution in [1.82, 2.24) is 19.9 Å². The third-order valence-electron chi connectivity index (χ3n) is 6.23. The van der Waals surface area contributed by atoms with Gasteiger partial charge in [0.15, 0.2) is 10.8 Å². The first kappa shape index (κ1) is 24.8. The molecule has 0 radical (unpaired) electrons. The average molecular weight is 497 g/mol. The van der Waals surface area contributed by atoms with Crippen LogP contribution in [0.4, 0.5) is 10.8 Å². The molecule has 0 saturated carbocycles. The molecule has 1 aromatic carbocycles. The van der Waals surface area contributed by atoms with Gasteiger partial charge in [-0.05, 0) is 42.9 Å². The maximum atomic E-state index is 13.0. The molecule has 2 N–H and O–H groups in total. The number of carbonyl (C=O) groups excluding carboxylic acids is 2. The van der Waals surface area contributed by atoms with Gasteiger partial charge >= 0.3 is 0 Å². The Bertz CT molecular complexity index is 1240. The zero-order valence-electron chi connectivity index (χ0n) is 20.4. The molecule has 1 aliphatic rings. The van der Waals surface area contributed by atoms with Crippen LogP contribution in [0, 0.1) is 5.92 Å². The molecule has 10 heteroatoms. The Morgan fingerprint density at radius 3 is 2.54 bits per heavy atom. The second-order valence-electron chi connectivity index (χ2n) is 9.20. The molecule has 1 aliphatic heterocycles. The van der Waals surface area contributed by atoms with Gasteiger partial charge in [-0.2, -0.15) is 4.98 Å². The lowest BCUT2D eigenvalue weighted by Gasteiger charge is -2.30. The molecule has 4 rings (SSSR count). The van der Waals surface area contributed by atoms with E-state index < -0.39 is 0 Å². The molecule has 0 aliphatic carbocycles. The standard InChI is InChI=1S/C25H32N6O3S/c1-4-11-26-23(33)18-9-12-30(13-10-18)25-29-22-21(35-25)24(34)31(15-27-22)14-20(32)28-19-7-5-17(6-8-19)16(2)3/h5-8,15-16,18H,4,9-14H2,1-3H3,(H,26,33)(H,28,32). The van der Waals surface area contributed by atoms with E-state index in [-0.39, 0.29) is 29.8 Å². The highest BCUT2D eigenvalue weighted by Gasteiger charge is 2.26. The summed E-state index contributed by atoms with van der Waals surface area (Å²) < 4.78 is 1.74. The number of nitrogens with one attached hydrogen (secondary N) is 2. The largest absolute Gasteiger partial charge is 0.356 e. The van der Waals surface area contributed by atoms with E-state index in [1.54, 1.807) is 0 Å². The summed E-state index contributed by atoms with van der Waals surface area (Å²) in [6.07, 6.45) is 3.80. The van der Waals surface area contributed by atoms with Crippen LogP contribution < -0.4 is 21.1 Å². The third-order valence-corrected chi connectivity index (χ3v) is 7.33. The number of thiazole rings is 1. The third kappa shape index (κ3) is 5.87. The first-order valence-electron chi connectivity index (χ1n) is 12.1. The van der Waals surface area contributed by atoms with Crippen molar-refractivity contribution < 1.29 is 9.59 Å². The number of anilines is 2. The summed E-state index contributed by atoms with van der Waals surface area (Å²) in [7, 11) is 0. The monoisotopic (exact) mass is 496 g/mol. The second-order valence-corrected chi connectivity index (χ2v) is 10.2. The lowest BCUT2D eigenvalue weighted by molar-refractivity contribution is -0.125. The Morgan fingerprint density at radius 2 is 1.89 bits per heavy atom. The van der Waals surface area contributed by atoms with Crippen molar-refractivity contribution in [3.8, 4) is 0 Å². The van der Waals surface area contributed by atoms with Crippen molar-refractivity contribution in [2.24, 2.45) is 5.92 Å². The number of carbonyl (C=O) groups is 2. The molecule has 3 aromatic rings. The van der Waals surface area contributed by atoms with Gasteiger partial charge < -0.3 is 15.5 Å². The van der Waals surface area contributed by atoms with Crippen LogP contribution in [0.2, 0.25) is 0 Å². The van der Waals surface area contributed by atoms with Gasteiger partial charge in [-0.15, -0.1) is 0 Å². The Labute approximate surface area is 208 Å². The van der Waals surface area contributed by atoms with Crippen LogP contribution in [-0.4, -0.2) is 46.0 Å². The Morgan fingerprint density at radius 1 is 1.17 bits per heavy atom. The summed E-state index contributed by atoms with van der Waals surface area (Å²) in [5, 5.41) is 6.53. The normalized spacial score (nSPS) is 14.5. The van der Waals surface area contributed by atoms with E-state index in [1.807, 2.05) is 31.2 Å². The van der Waals surface area contributed by atoms with Crippen LogP contribution in [0.25, 0.3) is 10.3 Å². The second kappa shape index (κ2) is 11.0. The van der Waals surface area contributed by atoms with Crippen molar-refractivity contribution in [3.05, 3.63) is 46.5 Å². The van der Waals surface area contributed by atoms with Gasteiger partial charge in [0.05, 0.1) is 0 Å². The molecular weight excluding hydrogens is 464 g/mol. The molecule has 1 saturated heterocycles. The molecule has 0 bridgehead atoms. The smallest absolute Gasteiger partial charge is 0.273 e. The number of rotatable bonds is 8. The van der Waals surface area contributed by atoms with E-state index in [0.717, 1.165) is 24.4 Å². The molecule has 1 fully saturated rings. The number of amides is 2. The van der Waals surface area contributed by atoms with Gasteiger partial charge in [0.25, 0.3) is 5.56 Å². The number of benzene rings is 1. The van der Waals surface area contributed by atoms with E-state index in [4.69, 9.17) is 0 Å². The maximum absolute atomic E-state index is 13.0. The summed E-state index contributed by atoms with van der Waals surface area (Å²) in [5.74, 6) is 0.257. The number of aromatic nitrogens is 3. The van der Waals surface area contributed by atoms with Crippen LogP contribution in [0.15, 0.2) is 35.4 Å². The fraction of sp³-hybridized carbons (Fsp3) is 0.480. The molecule has 186 valence electrons. The minimum atomic E-state index is -0.293. The minimum Gasteiger partial charge on any atom is -0.356 e. The molecule has 35 heavy (non-hydrogen) atoms. The molecule has 0 spiro atoms. The number of hydrogen-bond donors (Lipinski definition) is 2. The molecule has 0 atom stereocenters. The van der Waals surface area contributed by atoms with Crippen molar-refractivity contribution in [1.29, 1.82) is 0 Å². The van der Waals surface area contributed by atoms with Gasteiger partial charge in [0.1, 0.15) is 17.6 Å². The van der Waals surface area contributed by atoms with Crippen molar-refractivity contribution in [2.75, 3.05) is 29.9 Å². The fourth-order valence-electron chi connectivity index (χ4n) is 4.12. The van der Waals surface area contributed by atoms with Crippen LogP contribution >= 0.6 is 11.3 Å². The topological polar surface area (TPSA) is 109 Å². The zero-order valence-corrected chi connectivity index (χ0v) is 21.2. The molecule has 2 amide bonds. The number of nitrogens with zero attached hydrogens (tertiary/aromatic N) is 4. The first-order valence-corrected chi connectivity index (χ1v) is 13.0. The van der Waals surface area contributed by atoms with Crippen molar-refractivity contribution in [2.45, 2.75) is 52.5 Å². The van der Waals surface area contributed by atoms with E-state index in [1.165, 1.54) is 27.8 Å². The van der Waals surface area contributed by atoms with Crippen molar-refractivity contribution in [3.63, 3.8) is 0 Å². The highest BCUT2D eigenvalue weighted by molar-refractivity contribution is 7.22. The SMILES string of the molecule is CCCNC(=O)C1CCN(c2nc3ncn(CC(=O)Nc4ccc(C(C)C)cc4)c(=O)c3s2)CC1. The predicted molar refractivity (Wildman–Crippen MR) is 139 cm³/mol. The summed E-state index contributed by atoms with van der Waals surface area (Å²) >= 11 is 1.29.